The largest absolute Gasteiger partial charge is 0.349 e. The minimum absolute atomic E-state index is 0.133. The molecule has 4 rings (SSSR count). The zero-order valence-corrected chi connectivity index (χ0v) is 18.0. The first-order valence-electron chi connectivity index (χ1n) is 10.7. The van der Waals surface area contributed by atoms with E-state index in [1.807, 2.05) is 42.5 Å². The fraction of sp³-hybridized carbons (Fsp3) is 0.231. The summed E-state index contributed by atoms with van der Waals surface area (Å²) in [6.07, 6.45) is 5.56. The van der Waals surface area contributed by atoms with Crippen molar-refractivity contribution in [2.75, 3.05) is 5.32 Å². The molecule has 5 heteroatoms. The fourth-order valence-corrected chi connectivity index (χ4v) is 4.08. The van der Waals surface area contributed by atoms with Crippen molar-refractivity contribution in [1.82, 2.24) is 5.32 Å². The number of carbonyl (C=O) groups is 2. The number of rotatable bonds is 5. The number of hydrogen-bond donors (Lipinski definition) is 2. The summed E-state index contributed by atoms with van der Waals surface area (Å²) in [5.74, 6) is -0.405. The molecule has 2 amide bonds. The molecule has 0 saturated heterocycles. The van der Waals surface area contributed by atoms with E-state index in [1.54, 1.807) is 30.3 Å². The molecular formula is C26H25ClN2O2. The third-order valence-corrected chi connectivity index (χ3v) is 6.00. The van der Waals surface area contributed by atoms with Crippen LogP contribution in [-0.4, -0.2) is 17.9 Å². The molecule has 1 fully saturated rings. The van der Waals surface area contributed by atoms with Gasteiger partial charge in [0.25, 0.3) is 11.8 Å². The molecule has 0 atom stereocenters. The van der Waals surface area contributed by atoms with Crippen molar-refractivity contribution >= 4 is 29.1 Å². The average Bonchev–Trinajstić information content (AvgIpc) is 2.82. The topological polar surface area (TPSA) is 58.2 Å². The Kier molecular flexibility index (Phi) is 6.68. The van der Waals surface area contributed by atoms with Crippen LogP contribution in [0.15, 0.2) is 72.8 Å². The highest BCUT2D eigenvalue weighted by molar-refractivity contribution is 6.34. The van der Waals surface area contributed by atoms with Crippen LogP contribution in [-0.2, 0) is 0 Å². The molecule has 1 aliphatic carbocycles. The number of nitrogens with one attached hydrogen (secondary N) is 2. The Morgan fingerprint density at radius 1 is 0.742 bits per heavy atom. The third kappa shape index (κ3) is 5.33. The van der Waals surface area contributed by atoms with Crippen molar-refractivity contribution in [3.05, 3.63) is 88.9 Å². The van der Waals surface area contributed by atoms with Gasteiger partial charge in [-0.1, -0.05) is 73.3 Å². The molecular weight excluding hydrogens is 408 g/mol. The summed E-state index contributed by atoms with van der Waals surface area (Å²) >= 11 is 6.28. The van der Waals surface area contributed by atoms with Crippen LogP contribution in [0, 0.1) is 0 Å². The van der Waals surface area contributed by atoms with Crippen LogP contribution >= 0.6 is 11.6 Å². The summed E-state index contributed by atoms with van der Waals surface area (Å²) < 4.78 is 0. The molecule has 0 aliphatic heterocycles. The van der Waals surface area contributed by atoms with Crippen LogP contribution < -0.4 is 10.6 Å². The first-order chi connectivity index (χ1) is 15.1. The van der Waals surface area contributed by atoms with Crippen molar-refractivity contribution in [2.45, 2.75) is 38.1 Å². The second kappa shape index (κ2) is 9.80. The van der Waals surface area contributed by atoms with Crippen molar-refractivity contribution in [3.63, 3.8) is 0 Å². The van der Waals surface area contributed by atoms with Crippen LogP contribution in [0.25, 0.3) is 11.1 Å². The van der Waals surface area contributed by atoms with Gasteiger partial charge in [0.1, 0.15) is 0 Å². The van der Waals surface area contributed by atoms with Gasteiger partial charge in [0, 0.05) is 17.2 Å². The Balaban J connectivity index is 1.45. The number of benzene rings is 3. The maximum atomic E-state index is 12.7. The highest BCUT2D eigenvalue weighted by atomic mass is 35.5. The quantitative estimate of drug-likeness (QED) is 0.495. The number of halogens is 1. The summed E-state index contributed by atoms with van der Waals surface area (Å²) in [7, 11) is 0. The van der Waals surface area contributed by atoms with E-state index < -0.39 is 0 Å². The lowest BCUT2D eigenvalue weighted by molar-refractivity contribution is 0.0926. The van der Waals surface area contributed by atoms with E-state index in [9.17, 15) is 9.59 Å². The molecule has 0 spiro atoms. The van der Waals surface area contributed by atoms with Gasteiger partial charge in [-0.3, -0.25) is 9.59 Å². The van der Waals surface area contributed by atoms with E-state index >= 15 is 0 Å². The van der Waals surface area contributed by atoms with E-state index in [0.717, 1.165) is 36.8 Å². The predicted molar refractivity (Wildman–Crippen MR) is 126 cm³/mol. The van der Waals surface area contributed by atoms with Gasteiger partial charge in [-0.15, -0.1) is 0 Å². The molecule has 0 radical (unpaired) electrons. The number of anilines is 1. The maximum absolute atomic E-state index is 12.7. The van der Waals surface area contributed by atoms with E-state index in [1.165, 1.54) is 6.42 Å². The number of amides is 2. The summed E-state index contributed by atoms with van der Waals surface area (Å²) in [5, 5.41) is 6.32. The van der Waals surface area contributed by atoms with Gasteiger partial charge < -0.3 is 10.6 Å². The summed E-state index contributed by atoms with van der Waals surface area (Å²) in [6.45, 7) is 0. The van der Waals surface area contributed by atoms with E-state index in [2.05, 4.69) is 10.6 Å². The van der Waals surface area contributed by atoms with Crippen molar-refractivity contribution in [2.24, 2.45) is 0 Å². The van der Waals surface area contributed by atoms with Crippen LogP contribution in [0.2, 0.25) is 5.02 Å². The third-order valence-electron chi connectivity index (χ3n) is 5.67. The molecule has 1 aliphatic rings. The summed E-state index contributed by atoms with van der Waals surface area (Å²) in [6, 6.07) is 22.6. The van der Waals surface area contributed by atoms with Gasteiger partial charge >= 0.3 is 0 Å². The van der Waals surface area contributed by atoms with Crippen molar-refractivity contribution in [3.8, 4) is 11.1 Å². The van der Waals surface area contributed by atoms with Gasteiger partial charge in [-0.25, -0.2) is 0 Å². The monoisotopic (exact) mass is 432 g/mol. The minimum Gasteiger partial charge on any atom is -0.349 e. The summed E-state index contributed by atoms with van der Waals surface area (Å²) in [4.78, 5) is 25.4. The Morgan fingerprint density at radius 3 is 2.10 bits per heavy atom. The van der Waals surface area contributed by atoms with E-state index in [-0.39, 0.29) is 17.9 Å². The van der Waals surface area contributed by atoms with Crippen molar-refractivity contribution < 1.29 is 9.59 Å². The minimum atomic E-state index is -0.272. The zero-order valence-electron chi connectivity index (χ0n) is 17.2. The van der Waals surface area contributed by atoms with Gasteiger partial charge in [-0.05, 0) is 54.3 Å². The van der Waals surface area contributed by atoms with Crippen LogP contribution in [0.3, 0.4) is 0 Å². The average molecular weight is 433 g/mol. The molecule has 2 N–H and O–H groups in total. The van der Waals surface area contributed by atoms with E-state index in [4.69, 9.17) is 11.6 Å². The van der Waals surface area contributed by atoms with Gasteiger partial charge in [0.05, 0.1) is 10.7 Å². The lowest BCUT2D eigenvalue weighted by Crippen LogP contribution is -2.36. The molecule has 0 heterocycles. The lowest BCUT2D eigenvalue weighted by atomic mass is 9.95. The van der Waals surface area contributed by atoms with Gasteiger partial charge in [-0.2, -0.15) is 0 Å². The molecule has 31 heavy (non-hydrogen) atoms. The molecule has 3 aromatic rings. The first-order valence-corrected chi connectivity index (χ1v) is 11.1. The molecule has 1 saturated carbocycles. The smallest absolute Gasteiger partial charge is 0.255 e. The standard InChI is InChI=1S/C26H25ClN2O2/c27-23-16-15-21(26(31)28-22-9-5-2-6-10-22)17-24(23)29-25(30)20-13-11-19(12-14-20)18-7-3-1-4-8-18/h1,3-4,7-8,11-17,22H,2,5-6,9-10H2,(H,28,31)(H,29,30). The molecule has 158 valence electrons. The van der Waals surface area contributed by atoms with Crippen LogP contribution in [0.4, 0.5) is 5.69 Å². The summed E-state index contributed by atoms with van der Waals surface area (Å²) in [5.41, 5.74) is 3.57. The Morgan fingerprint density at radius 2 is 1.39 bits per heavy atom. The normalized spacial score (nSPS) is 14.1. The molecule has 4 nitrogen and oxygen atoms in total. The zero-order chi connectivity index (χ0) is 21.6. The maximum Gasteiger partial charge on any atom is 0.255 e. The number of hydrogen-bond acceptors (Lipinski definition) is 2. The second-order valence-electron chi connectivity index (χ2n) is 7.90. The molecule has 0 unspecified atom stereocenters. The van der Waals surface area contributed by atoms with Crippen molar-refractivity contribution in [1.29, 1.82) is 0 Å². The lowest BCUT2D eigenvalue weighted by Gasteiger charge is -2.23. The number of carbonyl (C=O) groups excluding carboxylic acids is 2. The highest BCUT2D eigenvalue weighted by Gasteiger charge is 2.18. The molecule has 0 aromatic heterocycles. The molecule has 3 aromatic carbocycles. The van der Waals surface area contributed by atoms with Crippen LogP contribution in [0.1, 0.15) is 52.8 Å². The SMILES string of the molecule is O=C(Nc1cc(C(=O)NC2CCCCC2)ccc1Cl)c1ccc(-c2ccccc2)cc1. The fourth-order valence-electron chi connectivity index (χ4n) is 3.92. The Hall–Kier alpha value is -3.11. The van der Waals surface area contributed by atoms with Gasteiger partial charge in [0.2, 0.25) is 0 Å². The highest BCUT2D eigenvalue weighted by Crippen LogP contribution is 2.25. The van der Waals surface area contributed by atoms with Crippen LogP contribution in [0.5, 0.6) is 0 Å². The van der Waals surface area contributed by atoms with E-state index in [0.29, 0.717) is 21.8 Å². The Bertz CT molecular complexity index is 1060. The second-order valence-corrected chi connectivity index (χ2v) is 8.31. The first kappa shape index (κ1) is 21.1. The van der Waals surface area contributed by atoms with Gasteiger partial charge in [0.15, 0.2) is 0 Å². The predicted octanol–water partition coefficient (Wildman–Crippen LogP) is 6.32. The Labute approximate surface area is 187 Å². The molecule has 0 bridgehead atoms.